The van der Waals surface area contributed by atoms with E-state index in [1.807, 2.05) is 0 Å². The van der Waals surface area contributed by atoms with Gasteiger partial charge in [0.15, 0.2) is 0 Å². The van der Waals surface area contributed by atoms with Crippen molar-refractivity contribution < 1.29 is 13.2 Å². The molecule has 0 saturated carbocycles. The van der Waals surface area contributed by atoms with E-state index in [0.717, 1.165) is 5.56 Å². The summed E-state index contributed by atoms with van der Waals surface area (Å²) in [7, 11) is -1.91. The summed E-state index contributed by atoms with van der Waals surface area (Å²) in [5.41, 5.74) is 6.32. The average molecular weight is 244 g/mol. The van der Waals surface area contributed by atoms with Gasteiger partial charge in [-0.15, -0.1) is 0 Å². The number of hydrogen-bond donors (Lipinski definition) is 2. The molecular weight excluding hydrogens is 228 g/mol. The van der Waals surface area contributed by atoms with E-state index in [1.54, 1.807) is 12.1 Å². The van der Waals surface area contributed by atoms with Crippen LogP contribution in [0.15, 0.2) is 29.2 Å². The van der Waals surface area contributed by atoms with Crippen LogP contribution < -0.4 is 10.5 Å². The van der Waals surface area contributed by atoms with Crippen molar-refractivity contribution in [1.29, 1.82) is 0 Å². The van der Waals surface area contributed by atoms with Gasteiger partial charge in [0.1, 0.15) is 0 Å². The lowest BCUT2D eigenvalue weighted by atomic mass is 10.2. The Morgan fingerprint density at radius 3 is 2.44 bits per heavy atom. The lowest BCUT2D eigenvalue weighted by molar-refractivity contribution is 0.204. The molecule has 16 heavy (non-hydrogen) atoms. The predicted molar refractivity (Wildman–Crippen MR) is 61.4 cm³/mol. The molecule has 0 saturated heterocycles. The molecule has 3 N–H and O–H groups in total. The van der Waals surface area contributed by atoms with E-state index < -0.39 is 10.0 Å². The van der Waals surface area contributed by atoms with Gasteiger partial charge in [-0.2, -0.15) is 0 Å². The molecule has 0 atom stereocenters. The topological polar surface area (TPSA) is 81.4 Å². The van der Waals surface area contributed by atoms with Crippen molar-refractivity contribution in [3.05, 3.63) is 29.8 Å². The third-order valence-corrected chi connectivity index (χ3v) is 3.54. The van der Waals surface area contributed by atoms with E-state index in [4.69, 9.17) is 10.5 Å². The Morgan fingerprint density at radius 2 is 1.94 bits per heavy atom. The van der Waals surface area contributed by atoms with Crippen molar-refractivity contribution in [3.63, 3.8) is 0 Å². The van der Waals surface area contributed by atoms with Gasteiger partial charge in [-0.3, -0.25) is 0 Å². The maximum absolute atomic E-state index is 11.7. The third kappa shape index (κ3) is 3.57. The minimum absolute atomic E-state index is 0.237. The van der Waals surface area contributed by atoms with Crippen molar-refractivity contribution in [3.8, 4) is 0 Å². The Bertz CT molecular complexity index is 414. The zero-order chi connectivity index (χ0) is 12.0. The molecule has 0 amide bonds. The fourth-order valence-corrected chi connectivity index (χ4v) is 2.18. The zero-order valence-electron chi connectivity index (χ0n) is 9.14. The summed E-state index contributed by atoms with van der Waals surface area (Å²) >= 11 is 0. The maximum Gasteiger partial charge on any atom is 0.240 e. The first-order valence-corrected chi connectivity index (χ1v) is 6.36. The van der Waals surface area contributed by atoms with Crippen LogP contribution in [-0.2, 0) is 21.3 Å². The van der Waals surface area contributed by atoms with E-state index in [2.05, 4.69) is 4.72 Å². The molecule has 0 unspecified atom stereocenters. The second kappa shape index (κ2) is 5.95. The van der Waals surface area contributed by atoms with Gasteiger partial charge in [0.2, 0.25) is 10.0 Å². The molecule has 0 spiro atoms. The summed E-state index contributed by atoms with van der Waals surface area (Å²) in [6.45, 7) is 1.01. The van der Waals surface area contributed by atoms with Crippen LogP contribution in [0.3, 0.4) is 0 Å². The summed E-state index contributed by atoms with van der Waals surface area (Å²) in [4.78, 5) is 0.237. The fourth-order valence-electron chi connectivity index (χ4n) is 1.17. The Balaban J connectivity index is 2.74. The van der Waals surface area contributed by atoms with Gasteiger partial charge < -0.3 is 10.5 Å². The van der Waals surface area contributed by atoms with E-state index in [-0.39, 0.29) is 11.4 Å². The first-order valence-electron chi connectivity index (χ1n) is 4.88. The van der Waals surface area contributed by atoms with E-state index in [0.29, 0.717) is 13.2 Å². The van der Waals surface area contributed by atoms with Crippen LogP contribution in [0.5, 0.6) is 0 Å². The molecule has 1 aromatic rings. The minimum Gasteiger partial charge on any atom is -0.383 e. The fraction of sp³-hybridized carbons (Fsp3) is 0.400. The summed E-state index contributed by atoms with van der Waals surface area (Å²) in [6.07, 6.45) is 0. The molecule has 0 aliphatic rings. The van der Waals surface area contributed by atoms with Crippen molar-refractivity contribution in [2.45, 2.75) is 11.4 Å². The first-order chi connectivity index (χ1) is 7.60. The number of hydrogen-bond acceptors (Lipinski definition) is 4. The SMILES string of the molecule is COCCNS(=O)(=O)c1ccc(CN)cc1. The van der Waals surface area contributed by atoms with E-state index in [1.165, 1.54) is 19.2 Å². The van der Waals surface area contributed by atoms with Crippen LogP contribution in [0.2, 0.25) is 0 Å². The lowest BCUT2D eigenvalue weighted by Gasteiger charge is -2.06. The van der Waals surface area contributed by atoms with Crippen LogP contribution in [0.25, 0.3) is 0 Å². The number of sulfonamides is 1. The van der Waals surface area contributed by atoms with Gasteiger partial charge in [0.25, 0.3) is 0 Å². The number of ether oxygens (including phenoxy) is 1. The average Bonchev–Trinajstić information content (AvgIpc) is 2.29. The molecule has 0 fully saturated rings. The van der Waals surface area contributed by atoms with Crippen LogP contribution in [0.1, 0.15) is 5.56 Å². The van der Waals surface area contributed by atoms with Crippen LogP contribution in [0, 0.1) is 0 Å². The van der Waals surface area contributed by atoms with E-state index >= 15 is 0 Å². The number of nitrogens with one attached hydrogen (secondary N) is 1. The number of nitrogens with two attached hydrogens (primary N) is 1. The van der Waals surface area contributed by atoms with Gasteiger partial charge in [0.05, 0.1) is 11.5 Å². The third-order valence-electron chi connectivity index (χ3n) is 2.07. The second-order valence-corrected chi connectivity index (χ2v) is 5.01. The molecule has 1 rings (SSSR count). The molecule has 0 aliphatic carbocycles. The second-order valence-electron chi connectivity index (χ2n) is 3.24. The molecule has 0 radical (unpaired) electrons. The van der Waals surface area contributed by atoms with Crippen LogP contribution >= 0.6 is 0 Å². The Kier molecular flexibility index (Phi) is 4.88. The summed E-state index contributed by atoms with van der Waals surface area (Å²) < 4.78 is 30.6. The Labute approximate surface area is 95.7 Å². The molecular formula is C10H16N2O3S. The molecule has 1 aromatic carbocycles. The van der Waals surface area contributed by atoms with Gasteiger partial charge in [-0.1, -0.05) is 12.1 Å². The quantitative estimate of drug-likeness (QED) is 0.694. The standard InChI is InChI=1S/C10H16N2O3S/c1-15-7-6-12-16(13,14)10-4-2-9(8-11)3-5-10/h2-5,12H,6-8,11H2,1H3. The maximum atomic E-state index is 11.7. The van der Waals surface area contributed by atoms with Crippen molar-refractivity contribution in [1.82, 2.24) is 4.72 Å². The Morgan fingerprint density at radius 1 is 1.31 bits per heavy atom. The highest BCUT2D eigenvalue weighted by Crippen LogP contribution is 2.09. The molecule has 0 bridgehead atoms. The molecule has 6 heteroatoms. The highest BCUT2D eigenvalue weighted by atomic mass is 32.2. The number of methoxy groups -OCH3 is 1. The summed E-state index contributed by atoms with van der Waals surface area (Å²) in [5.74, 6) is 0. The van der Waals surface area contributed by atoms with Gasteiger partial charge >= 0.3 is 0 Å². The van der Waals surface area contributed by atoms with Gasteiger partial charge in [0, 0.05) is 20.2 Å². The largest absolute Gasteiger partial charge is 0.383 e. The Hall–Kier alpha value is -0.950. The number of rotatable bonds is 6. The van der Waals surface area contributed by atoms with Crippen molar-refractivity contribution in [2.24, 2.45) is 5.73 Å². The minimum atomic E-state index is -3.43. The van der Waals surface area contributed by atoms with Gasteiger partial charge in [-0.05, 0) is 17.7 Å². The molecule has 0 aromatic heterocycles. The molecule has 5 nitrogen and oxygen atoms in total. The highest BCUT2D eigenvalue weighted by Gasteiger charge is 2.12. The molecule has 0 heterocycles. The summed E-state index contributed by atoms with van der Waals surface area (Å²) in [5, 5.41) is 0. The lowest BCUT2D eigenvalue weighted by Crippen LogP contribution is -2.27. The zero-order valence-corrected chi connectivity index (χ0v) is 9.96. The van der Waals surface area contributed by atoms with Crippen LogP contribution in [0.4, 0.5) is 0 Å². The van der Waals surface area contributed by atoms with Crippen molar-refractivity contribution >= 4 is 10.0 Å². The normalized spacial score (nSPS) is 11.6. The van der Waals surface area contributed by atoms with Crippen molar-refractivity contribution in [2.75, 3.05) is 20.3 Å². The van der Waals surface area contributed by atoms with Gasteiger partial charge in [-0.25, -0.2) is 13.1 Å². The summed E-state index contributed by atoms with van der Waals surface area (Å²) in [6, 6.07) is 6.48. The molecule has 0 aliphatic heterocycles. The smallest absolute Gasteiger partial charge is 0.240 e. The highest BCUT2D eigenvalue weighted by molar-refractivity contribution is 7.89. The van der Waals surface area contributed by atoms with E-state index in [9.17, 15) is 8.42 Å². The monoisotopic (exact) mass is 244 g/mol. The number of benzene rings is 1. The first kappa shape index (κ1) is 13.1. The predicted octanol–water partition coefficient (Wildman–Crippen LogP) is 0.0700. The van der Waals surface area contributed by atoms with Crippen LogP contribution in [-0.4, -0.2) is 28.7 Å². The molecule has 90 valence electrons.